The molecule has 4 saturated carbocycles. The van der Waals surface area contributed by atoms with Gasteiger partial charge in [0, 0.05) is 19.5 Å². The molecule has 11 heavy (non-hydrogen) atoms. The van der Waals surface area contributed by atoms with Gasteiger partial charge in [-0.15, -0.1) is 0 Å². The molecule has 0 nitrogen and oxygen atoms in total. The number of rotatable bonds is 0. The van der Waals surface area contributed by atoms with E-state index in [-0.39, 0.29) is 19.5 Å². The van der Waals surface area contributed by atoms with E-state index in [1.807, 2.05) is 0 Å². The third-order valence-corrected chi connectivity index (χ3v) is 3.76. The SMILES string of the molecule is [CH-]1C2CC3CC1CC(C2)C3.[Zn]. The fraction of sp³-hybridized carbons (Fsp3) is 0.900. The Labute approximate surface area is 81.9 Å². The van der Waals surface area contributed by atoms with Crippen LogP contribution in [0.15, 0.2) is 0 Å². The van der Waals surface area contributed by atoms with Gasteiger partial charge in [-0.1, -0.05) is 25.7 Å². The Morgan fingerprint density at radius 1 is 0.727 bits per heavy atom. The topological polar surface area (TPSA) is 0 Å². The normalized spacial score (nSPS) is 52.4. The number of hydrogen-bond donors (Lipinski definition) is 0. The summed E-state index contributed by atoms with van der Waals surface area (Å²) in [5.41, 5.74) is 0. The van der Waals surface area contributed by atoms with Crippen LogP contribution in [0.5, 0.6) is 0 Å². The Morgan fingerprint density at radius 2 is 1.18 bits per heavy atom. The van der Waals surface area contributed by atoms with Gasteiger partial charge in [0.05, 0.1) is 0 Å². The first-order valence-electron chi connectivity index (χ1n) is 4.75. The van der Waals surface area contributed by atoms with E-state index in [4.69, 9.17) is 0 Å². The minimum absolute atomic E-state index is 0. The fourth-order valence-electron chi connectivity index (χ4n) is 3.65. The van der Waals surface area contributed by atoms with Crippen molar-refractivity contribution in [3.05, 3.63) is 6.42 Å². The fourth-order valence-corrected chi connectivity index (χ4v) is 3.65. The van der Waals surface area contributed by atoms with E-state index in [2.05, 4.69) is 6.42 Å². The maximum Gasteiger partial charge on any atom is 0 e. The van der Waals surface area contributed by atoms with E-state index < -0.39 is 0 Å². The summed E-state index contributed by atoms with van der Waals surface area (Å²) in [5.74, 6) is 4.40. The summed E-state index contributed by atoms with van der Waals surface area (Å²) >= 11 is 0. The zero-order chi connectivity index (χ0) is 6.55. The van der Waals surface area contributed by atoms with E-state index >= 15 is 0 Å². The summed E-state index contributed by atoms with van der Waals surface area (Å²) in [7, 11) is 0. The van der Waals surface area contributed by atoms with Gasteiger partial charge >= 0.3 is 0 Å². The molecule has 0 aromatic rings. The first-order valence-corrected chi connectivity index (χ1v) is 4.75. The van der Waals surface area contributed by atoms with Crippen molar-refractivity contribution in [1.29, 1.82) is 0 Å². The summed E-state index contributed by atoms with van der Waals surface area (Å²) in [6.45, 7) is 0. The molecule has 0 N–H and O–H groups in total. The molecule has 1 heteroatoms. The molecule has 0 aliphatic heterocycles. The van der Waals surface area contributed by atoms with E-state index in [1.54, 1.807) is 32.1 Å². The van der Waals surface area contributed by atoms with E-state index in [0.29, 0.717) is 0 Å². The van der Waals surface area contributed by atoms with Crippen molar-refractivity contribution in [2.75, 3.05) is 0 Å². The Bertz CT molecular complexity index is 96.4. The molecule has 0 radical (unpaired) electrons. The Balaban J connectivity index is 0.000000480. The molecule has 0 aromatic carbocycles. The third-order valence-electron chi connectivity index (χ3n) is 3.76. The van der Waals surface area contributed by atoms with Gasteiger partial charge < -0.3 is 6.42 Å². The maximum atomic E-state index is 2.66. The minimum atomic E-state index is 0. The van der Waals surface area contributed by atoms with Gasteiger partial charge in [0.25, 0.3) is 0 Å². The monoisotopic (exact) mass is 199 g/mol. The van der Waals surface area contributed by atoms with Gasteiger partial charge in [-0.05, 0) is 18.3 Å². The van der Waals surface area contributed by atoms with Crippen molar-refractivity contribution in [1.82, 2.24) is 0 Å². The second-order valence-electron chi connectivity index (χ2n) is 4.62. The molecule has 0 aromatic heterocycles. The molecule has 58 valence electrons. The molecule has 0 unspecified atom stereocenters. The third kappa shape index (κ3) is 1.30. The molecule has 0 spiro atoms. The molecule has 4 rings (SSSR count). The van der Waals surface area contributed by atoms with Gasteiger partial charge in [0.1, 0.15) is 0 Å². The molecule has 0 amide bonds. The predicted molar refractivity (Wildman–Crippen MR) is 41.3 cm³/mol. The zero-order valence-electron chi connectivity index (χ0n) is 7.13. The van der Waals surface area contributed by atoms with E-state index in [0.717, 1.165) is 23.7 Å². The predicted octanol–water partition coefficient (Wildman–Crippen LogP) is 2.64. The van der Waals surface area contributed by atoms with Crippen molar-refractivity contribution in [2.24, 2.45) is 23.7 Å². The van der Waals surface area contributed by atoms with Crippen LogP contribution in [-0.4, -0.2) is 0 Å². The van der Waals surface area contributed by atoms with Crippen molar-refractivity contribution in [3.8, 4) is 0 Å². The van der Waals surface area contributed by atoms with Gasteiger partial charge in [-0.3, -0.25) is 0 Å². The van der Waals surface area contributed by atoms with Crippen molar-refractivity contribution in [2.45, 2.75) is 32.1 Å². The van der Waals surface area contributed by atoms with E-state index in [9.17, 15) is 0 Å². The summed E-state index contributed by atoms with van der Waals surface area (Å²) < 4.78 is 0. The summed E-state index contributed by atoms with van der Waals surface area (Å²) in [4.78, 5) is 0. The molecular formula is C10H15Zn-. The quantitative estimate of drug-likeness (QED) is 0.417. The Morgan fingerprint density at radius 3 is 1.55 bits per heavy atom. The first-order chi connectivity index (χ1) is 4.90. The second kappa shape index (κ2) is 2.84. The van der Waals surface area contributed by atoms with Crippen LogP contribution in [-0.2, 0) is 19.5 Å². The van der Waals surface area contributed by atoms with Crippen molar-refractivity contribution in [3.63, 3.8) is 0 Å². The largest absolute Gasteiger partial charge is 0.322 e. The van der Waals surface area contributed by atoms with Crippen LogP contribution in [0.2, 0.25) is 0 Å². The molecule has 0 heterocycles. The van der Waals surface area contributed by atoms with Crippen LogP contribution in [0.4, 0.5) is 0 Å². The Kier molecular flexibility index (Phi) is 2.12. The van der Waals surface area contributed by atoms with E-state index in [1.165, 1.54) is 0 Å². The van der Waals surface area contributed by atoms with Crippen LogP contribution >= 0.6 is 0 Å². The summed E-state index contributed by atoms with van der Waals surface area (Å²) in [5, 5.41) is 0. The summed E-state index contributed by atoms with van der Waals surface area (Å²) in [6.07, 6.45) is 10.4. The Hall–Kier alpha value is 0.623. The minimum Gasteiger partial charge on any atom is -0.322 e. The van der Waals surface area contributed by atoms with Crippen LogP contribution in [0.25, 0.3) is 0 Å². The molecule has 4 fully saturated rings. The van der Waals surface area contributed by atoms with Gasteiger partial charge in [-0.25, -0.2) is 0 Å². The molecule has 4 bridgehead atoms. The molecule has 0 saturated heterocycles. The van der Waals surface area contributed by atoms with Gasteiger partial charge in [-0.2, -0.15) is 11.8 Å². The molecular weight excluding hydrogens is 185 g/mol. The first kappa shape index (κ1) is 8.23. The number of hydrogen-bond acceptors (Lipinski definition) is 0. The average Bonchev–Trinajstić information content (AvgIpc) is 1.82. The van der Waals surface area contributed by atoms with Gasteiger partial charge in [0.15, 0.2) is 0 Å². The molecule has 4 aliphatic rings. The average molecular weight is 201 g/mol. The maximum absolute atomic E-state index is 2.66. The van der Waals surface area contributed by atoms with Crippen LogP contribution in [0.1, 0.15) is 32.1 Å². The van der Waals surface area contributed by atoms with Crippen LogP contribution in [0, 0.1) is 30.1 Å². The second-order valence-corrected chi connectivity index (χ2v) is 4.62. The van der Waals surface area contributed by atoms with Crippen LogP contribution in [0.3, 0.4) is 0 Å². The molecule has 0 atom stereocenters. The smallest absolute Gasteiger partial charge is 0 e. The molecule has 4 aliphatic carbocycles. The van der Waals surface area contributed by atoms with Crippen molar-refractivity contribution >= 4 is 0 Å². The zero-order valence-corrected chi connectivity index (χ0v) is 10.1. The van der Waals surface area contributed by atoms with Crippen LogP contribution < -0.4 is 0 Å². The van der Waals surface area contributed by atoms with Gasteiger partial charge in [0.2, 0.25) is 0 Å². The van der Waals surface area contributed by atoms with Crippen molar-refractivity contribution < 1.29 is 19.5 Å². The standard InChI is InChI=1S/C10H15.Zn/c1-7-2-9-4-8(1)5-10(3-7)6-9;/h1,7-10H,2-6H2;/q-1;. The summed E-state index contributed by atoms with van der Waals surface area (Å²) in [6, 6.07) is 0.